The van der Waals surface area contributed by atoms with Crippen LogP contribution in [0.5, 0.6) is 0 Å². The van der Waals surface area contributed by atoms with E-state index in [1.807, 2.05) is 48.7 Å². The van der Waals surface area contributed by atoms with Gasteiger partial charge in [-0.1, -0.05) is 48.0 Å². The van der Waals surface area contributed by atoms with Gasteiger partial charge in [0, 0.05) is 20.1 Å². The van der Waals surface area contributed by atoms with E-state index in [4.69, 9.17) is 4.74 Å². The normalized spacial score (nSPS) is 15.3. The van der Waals surface area contributed by atoms with Crippen molar-refractivity contribution >= 4 is 28.9 Å². The van der Waals surface area contributed by atoms with Crippen LogP contribution in [0.4, 0.5) is 4.39 Å². The summed E-state index contributed by atoms with van der Waals surface area (Å²) in [5.41, 5.74) is 2.85. The van der Waals surface area contributed by atoms with Gasteiger partial charge in [0.25, 0.3) is 11.8 Å². The van der Waals surface area contributed by atoms with Gasteiger partial charge in [-0.15, -0.1) is 11.3 Å². The first-order chi connectivity index (χ1) is 16.5. The number of benzene rings is 2. The monoisotopic (exact) mass is 479 g/mol. The van der Waals surface area contributed by atoms with E-state index in [1.54, 1.807) is 17.4 Å². The summed E-state index contributed by atoms with van der Waals surface area (Å²) in [6.45, 7) is 2.15. The molecule has 0 bridgehead atoms. The molecule has 0 radical (unpaired) electrons. The fourth-order valence-electron chi connectivity index (χ4n) is 3.87. The number of nitrogens with zero attached hydrogens (tertiary/aromatic N) is 3. The van der Waals surface area contributed by atoms with Gasteiger partial charge >= 0.3 is 0 Å². The molecule has 8 heteroatoms. The van der Waals surface area contributed by atoms with E-state index in [0.717, 1.165) is 21.7 Å². The van der Waals surface area contributed by atoms with Gasteiger partial charge in [0.2, 0.25) is 0 Å². The molecule has 4 rings (SSSR count). The van der Waals surface area contributed by atoms with Crippen molar-refractivity contribution in [2.75, 3.05) is 26.8 Å². The van der Waals surface area contributed by atoms with Gasteiger partial charge in [-0.3, -0.25) is 9.59 Å². The van der Waals surface area contributed by atoms with Crippen LogP contribution in [0.1, 0.15) is 38.8 Å². The zero-order chi connectivity index (χ0) is 24.1. The average molecular weight is 480 g/mol. The molecule has 1 aliphatic heterocycles. The van der Waals surface area contributed by atoms with Crippen molar-refractivity contribution in [2.24, 2.45) is 5.10 Å². The van der Waals surface area contributed by atoms with Crippen molar-refractivity contribution in [3.05, 3.63) is 93.4 Å². The Morgan fingerprint density at radius 1 is 1.15 bits per heavy atom. The third-order valence-corrected chi connectivity index (χ3v) is 6.64. The van der Waals surface area contributed by atoms with E-state index in [0.29, 0.717) is 6.42 Å². The summed E-state index contributed by atoms with van der Waals surface area (Å²) in [7, 11) is 1.51. The maximum atomic E-state index is 14.3. The van der Waals surface area contributed by atoms with Crippen LogP contribution < -0.4 is 0 Å². The summed E-state index contributed by atoms with van der Waals surface area (Å²) in [6, 6.07) is 17.4. The predicted octanol–water partition coefficient (Wildman–Crippen LogP) is 4.66. The van der Waals surface area contributed by atoms with Crippen molar-refractivity contribution in [3.8, 4) is 0 Å². The summed E-state index contributed by atoms with van der Waals surface area (Å²) in [5.74, 6) is -1.52. The second-order valence-corrected chi connectivity index (χ2v) is 9.04. The smallest absolute Gasteiger partial charge is 0.262 e. The Balaban J connectivity index is 1.61. The Morgan fingerprint density at radius 2 is 1.91 bits per heavy atom. The molecule has 2 heterocycles. The lowest BCUT2D eigenvalue weighted by Crippen LogP contribution is -2.43. The fraction of sp³-hybridized carbons (Fsp3) is 0.269. The molecule has 6 nitrogen and oxygen atoms in total. The quantitative estimate of drug-likeness (QED) is 0.472. The van der Waals surface area contributed by atoms with E-state index in [9.17, 15) is 14.0 Å². The van der Waals surface area contributed by atoms with Gasteiger partial charge in [0.05, 0.1) is 28.8 Å². The van der Waals surface area contributed by atoms with Crippen molar-refractivity contribution in [2.45, 2.75) is 19.4 Å². The zero-order valence-electron chi connectivity index (χ0n) is 19.1. The van der Waals surface area contributed by atoms with Gasteiger partial charge in [0.15, 0.2) is 0 Å². The summed E-state index contributed by atoms with van der Waals surface area (Å²) in [6.07, 6.45) is 0.578. The second-order valence-electron chi connectivity index (χ2n) is 8.09. The molecule has 1 aliphatic rings. The Labute approximate surface area is 202 Å². The number of hydrazone groups is 1. The van der Waals surface area contributed by atoms with Crippen molar-refractivity contribution in [1.29, 1.82) is 0 Å². The molecule has 0 saturated heterocycles. The van der Waals surface area contributed by atoms with Crippen molar-refractivity contribution < 1.29 is 18.7 Å². The first-order valence-electron chi connectivity index (χ1n) is 11.0. The highest BCUT2D eigenvalue weighted by atomic mass is 32.1. The minimum absolute atomic E-state index is 0.0781. The Bertz CT molecular complexity index is 1180. The van der Waals surface area contributed by atoms with Gasteiger partial charge in [-0.25, -0.2) is 9.40 Å². The van der Waals surface area contributed by atoms with Crippen LogP contribution in [0.25, 0.3) is 0 Å². The van der Waals surface area contributed by atoms with Crippen LogP contribution in [0.3, 0.4) is 0 Å². The average Bonchev–Trinajstić information content (AvgIpc) is 3.52. The number of hydrogen-bond donors (Lipinski definition) is 0. The molecule has 0 N–H and O–H groups in total. The van der Waals surface area contributed by atoms with Crippen molar-refractivity contribution in [3.63, 3.8) is 0 Å². The van der Waals surface area contributed by atoms with Gasteiger partial charge in [-0.2, -0.15) is 5.10 Å². The van der Waals surface area contributed by atoms with E-state index >= 15 is 0 Å². The lowest BCUT2D eigenvalue weighted by molar-refractivity contribution is -0.133. The number of carbonyl (C=O) groups is 2. The van der Waals surface area contributed by atoms with Crippen LogP contribution in [-0.4, -0.2) is 54.2 Å². The van der Waals surface area contributed by atoms with Gasteiger partial charge in [-0.05, 0) is 36.1 Å². The maximum absolute atomic E-state index is 14.3. The van der Waals surface area contributed by atoms with E-state index in [-0.39, 0.29) is 37.2 Å². The molecule has 1 atom stereocenters. The number of ether oxygens (including phenoxy) is 1. The number of amides is 2. The molecule has 176 valence electrons. The molecule has 0 fully saturated rings. The molecule has 3 aromatic rings. The number of aryl methyl sites for hydroxylation is 1. The number of thiophene rings is 1. The number of carbonyl (C=O) groups excluding carboxylic acids is 2. The maximum Gasteiger partial charge on any atom is 0.262 e. The topological polar surface area (TPSA) is 62.2 Å². The van der Waals surface area contributed by atoms with Crippen LogP contribution in [0.15, 0.2) is 71.1 Å². The number of methoxy groups -OCH3 is 1. The molecular formula is C26H26FN3O3S. The van der Waals surface area contributed by atoms with E-state index in [1.165, 1.54) is 35.2 Å². The van der Waals surface area contributed by atoms with Crippen LogP contribution >= 0.6 is 11.3 Å². The zero-order valence-corrected chi connectivity index (χ0v) is 19.9. The first-order valence-corrected chi connectivity index (χ1v) is 11.9. The van der Waals surface area contributed by atoms with Gasteiger partial charge in [0.1, 0.15) is 12.4 Å². The highest BCUT2D eigenvalue weighted by Gasteiger charge is 2.35. The van der Waals surface area contributed by atoms with Crippen LogP contribution in [-0.2, 0) is 9.53 Å². The molecule has 2 aromatic carbocycles. The lowest BCUT2D eigenvalue weighted by atomic mass is 10.00. The molecule has 34 heavy (non-hydrogen) atoms. The Morgan fingerprint density at radius 3 is 2.59 bits per heavy atom. The minimum Gasteiger partial charge on any atom is -0.383 e. The molecular weight excluding hydrogens is 453 g/mol. The van der Waals surface area contributed by atoms with E-state index in [2.05, 4.69) is 5.10 Å². The number of hydrogen-bond acceptors (Lipinski definition) is 5. The third kappa shape index (κ3) is 5.24. The SMILES string of the molecule is COCCN(CC(=O)N1N=C(c2cccs2)CC1c1ccc(C)cc1)C(=O)c1ccccc1F. The Hall–Kier alpha value is -3.36. The molecule has 1 unspecified atom stereocenters. The molecule has 0 aliphatic carbocycles. The van der Waals surface area contributed by atoms with Crippen LogP contribution in [0, 0.1) is 12.7 Å². The number of halogens is 1. The number of rotatable bonds is 8. The summed E-state index contributed by atoms with van der Waals surface area (Å²) < 4.78 is 19.4. The third-order valence-electron chi connectivity index (χ3n) is 5.72. The molecule has 0 saturated carbocycles. The predicted molar refractivity (Wildman–Crippen MR) is 130 cm³/mol. The minimum atomic E-state index is -0.626. The van der Waals surface area contributed by atoms with Crippen LogP contribution in [0.2, 0.25) is 0 Å². The molecule has 0 spiro atoms. The fourth-order valence-corrected chi connectivity index (χ4v) is 4.60. The highest BCUT2D eigenvalue weighted by molar-refractivity contribution is 7.12. The Kier molecular flexibility index (Phi) is 7.49. The highest BCUT2D eigenvalue weighted by Crippen LogP contribution is 2.34. The molecule has 1 aromatic heterocycles. The largest absolute Gasteiger partial charge is 0.383 e. The first kappa shape index (κ1) is 23.8. The summed E-state index contributed by atoms with van der Waals surface area (Å²) >= 11 is 1.57. The summed E-state index contributed by atoms with van der Waals surface area (Å²) in [4.78, 5) is 28.9. The summed E-state index contributed by atoms with van der Waals surface area (Å²) in [5, 5.41) is 8.10. The lowest BCUT2D eigenvalue weighted by Gasteiger charge is -2.27. The standard InChI is InChI=1S/C26H26FN3O3S/c1-18-9-11-19(12-10-18)23-16-22(24-8-5-15-34-24)28-30(23)25(31)17-29(13-14-33-2)26(32)20-6-3-4-7-21(20)27/h3-12,15,23H,13-14,16-17H2,1-2H3. The van der Waals surface area contributed by atoms with Gasteiger partial charge < -0.3 is 9.64 Å². The molecule has 2 amide bonds. The van der Waals surface area contributed by atoms with Crippen molar-refractivity contribution in [1.82, 2.24) is 9.91 Å². The van der Waals surface area contributed by atoms with E-state index < -0.39 is 11.7 Å². The second kappa shape index (κ2) is 10.7.